The molecule has 2 aromatic carbocycles. The highest BCUT2D eigenvalue weighted by Crippen LogP contribution is 2.33. The lowest BCUT2D eigenvalue weighted by atomic mass is 10.2. The number of hydrogen-bond acceptors (Lipinski definition) is 7. The van der Waals surface area contributed by atoms with Crippen molar-refractivity contribution in [2.45, 2.75) is 25.5 Å². The summed E-state index contributed by atoms with van der Waals surface area (Å²) in [6.07, 6.45) is 4.46. The first-order chi connectivity index (χ1) is 15.4. The summed E-state index contributed by atoms with van der Waals surface area (Å²) in [7, 11) is 0. The first-order valence-electron chi connectivity index (χ1n) is 9.83. The fraction of sp³-hybridized carbons (Fsp3) is 0.250. The van der Waals surface area contributed by atoms with Crippen molar-refractivity contribution in [1.82, 2.24) is 20.5 Å². The van der Waals surface area contributed by atoms with Crippen LogP contribution in [0.3, 0.4) is 0 Å². The van der Waals surface area contributed by atoms with Crippen LogP contribution in [0.5, 0.6) is 0 Å². The summed E-state index contributed by atoms with van der Waals surface area (Å²) in [6.45, 7) is 0.688. The number of imide groups is 1. The van der Waals surface area contributed by atoms with Crippen molar-refractivity contribution in [2.24, 2.45) is 0 Å². The first-order valence-corrected chi connectivity index (χ1v) is 10.2. The lowest BCUT2D eigenvalue weighted by Gasteiger charge is -2.23. The molecule has 1 atom stereocenters. The number of ether oxygens (including phenoxy) is 1. The lowest BCUT2D eigenvalue weighted by Crippen LogP contribution is -2.42. The number of hydrazine groups is 1. The zero-order valence-electron chi connectivity index (χ0n) is 16.7. The molecule has 12 heteroatoms. The van der Waals surface area contributed by atoms with Gasteiger partial charge in [0.15, 0.2) is 6.23 Å². The van der Waals surface area contributed by atoms with Gasteiger partial charge in [0, 0.05) is 29.7 Å². The van der Waals surface area contributed by atoms with Gasteiger partial charge in [-0.05, 0) is 37.5 Å². The van der Waals surface area contributed by atoms with Gasteiger partial charge in [0.1, 0.15) is 0 Å². The number of non-ortho nitro benzene ring substituents is 1. The molecular formula is C20H19ClN6O5. The van der Waals surface area contributed by atoms with Gasteiger partial charge in [-0.2, -0.15) is 5.10 Å². The number of urea groups is 1. The number of anilines is 1. The van der Waals surface area contributed by atoms with Crippen molar-refractivity contribution < 1.29 is 19.2 Å². The first kappa shape index (κ1) is 21.5. The summed E-state index contributed by atoms with van der Waals surface area (Å²) >= 11 is 6.47. The van der Waals surface area contributed by atoms with Gasteiger partial charge < -0.3 is 4.74 Å². The Hall–Kier alpha value is -3.70. The van der Waals surface area contributed by atoms with Crippen LogP contribution in [-0.2, 0) is 4.74 Å². The Labute approximate surface area is 186 Å². The van der Waals surface area contributed by atoms with E-state index in [1.165, 1.54) is 18.2 Å². The minimum atomic E-state index is -0.857. The minimum absolute atomic E-state index is 0.0221. The van der Waals surface area contributed by atoms with Gasteiger partial charge in [0.25, 0.3) is 11.6 Å². The predicted molar refractivity (Wildman–Crippen MR) is 116 cm³/mol. The van der Waals surface area contributed by atoms with Gasteiger partial charge in [-0.15, -0.1) is 0 Å². The van der Waals surface area contributed by atoms with E-state index in [2.05, 4.69) is 21.3 Å². The number of amides is 3. The molecule has 1 aromatic heterocycles. The van der Waals surface area contributed by atoms with E-state index < -0.39 is 16.9 Å². The third kappa shape index (κ3) is 4.48. The third-order valence-corrected chi connectivity index (χ3v) is 5.41. The molecule has 2 heterocycles. The van der Waals surface area contributed by atoms with E-state index in [-0.39, 0.29) is 17.5 Å². The van der Waals surface area contributed by atoms with E-state index in [9.17, 15) is 19.7 Å². The van der Waals surface area contributed by atoms with Crippen LogP contribution in [0.25, 0.3) is 10.9 Å². The van der Waals surface area contributed by atoms with Crippen molar-refractivity contribution in [2.75, 3.05) is 12.0 Å². The van der Waals surface area contributed by atoms with Crippen LogP contribution in [0.4, 0.5) is 16.2 Å². The van der Waals surface area contributed by atoms with Crippen molar-refractivity contribution in [3.05, 3.63) is 63.3 Å². The lowest BCUT2D eigenvalue weighted by molar-refractivity contribution is -0.384. The minimum Gasteiger partial charge on any atom is -0.356 e. The molecule has 0 bridgehead atoms. The van der Waals surface area contributed by atoms with Crippen LogP contribution < -0.4 is 16.2 Å². The van der Waals surface area contributed by atoms with E-state index in [0.717, 1.165) is 30.8 Å². The summed E-state index contributed by atoms with van der Waals surface area (Å²) in [5.74, 6) is -0.789. The van der Waals surface area contributed by atoms with Crippen molar-refractivity contribution >= 4 is 45.8 Å². The van der Waals surface area contributed by atoms with Gasteiger partial charge in [-0.3, -0.25) is 31.1 Å². The van der Waals surface area contributed by atoms with Crippen LogP contribution in [0, 0.1) is 10.1 Å². The van der Waals surface area contributed by atoms with E-state index >= 15 is 0 Å². The van der Waals surface area contributed by atoms with E-state index in [0.29, 0.717) is 22.7 Å². The molecule has 3 aromatic rings. The van der Waals surface area contributed by atoms with Crippen LogP contribution in [0.15, 0.2) is 42.6 Å². The Kier molecular flexibility index (Phi) is 6.19. The van der Waals surface area contributed by atoms with E-state index in [1.807, 2.05) is 6.07 Å². The van der Waals surface area contributed by atoms with Gasteiger partial charge in [0.2, 0.25) is 0 Å². The highest BCUT2D eigenvalue weighted by Gasteiger charge is 2.20. The number of aromatic nitrogens is 2. The molecule has 0 aliphatic carbocycles. The number of benzene rings is 2. The molecule has 166 valence electrons. The topological polar surface area (TPSA) is 140 Å². The number of nitro groups is 1. The molecule has 32 heavy (non-hydrogen) atoms. The zero-order valence-corrected chi connectivity index (χ0v) is 17.5. The number of hydrogen-bond donors (Lipinski definition) is 3. The van der Waals surface area contributed by atoms with Crippen LogP contribution in [-0.4, -0.2) is 33.2 Å². The second-order valence-electron chi connectivity index (χ2n) is 7.11. The molecule has 1 fully saturated rings. The molecular weight excluding hydrogens is 440 g/mol. The van der Waals surface area contributed by atoms with E-state index in [1.54, 1.807) is 16.9 Å². The van der Waals surface area contributed by atoms with E-state index in [4.69, 9.17) is 16.3 Å². The molecule has 0 spiro atoms. The normalized spacial score (nSPS) is 15.8. The number of carbonyl (C=O) groups is 2. The quantitative estimate of drug-likeness (QED) is 0.390. The van der Waals surface area contributed by atoms with Gasteiger partial charge >= 0.3 is 6.03 Å². The number of carbonyl (C=O) groups excluding carboxylic acids is 2. The number of nitrogens with zero attached hydrogens (tertiary/aromatic N) is 3. The van der Waals surface area contributed by atoms with Crippen LogP contribution in [0.1, 0.15) is 35.8 Å². The SMILES string of the molecule is O=C(NNc1ccc2c(cnn2C2CCCCO2)c1Cl)NC(=O)c1cccc([N+](=O)[O-])c1. The Balaban J connectivity index is 1.41. The van der Waals surface area contributed by atoms with Gasteiger partial charge in [-0.1, -0.05) is 17.7 Å². The number of fused-ring (bicyclic) bond motifs is 1. The van der Waals surface area contributed by atoms with Crippen molar-refractivity contribution in [3.8, 4) is 0 Å². The van der Waals surface area contributed by atoms with Crippen LogP contribution >= 0.6 is 11.6 Å². The smallest absolute Gasteiger partial charge is 0.340 e. The molecule has 0 radical (unpaired) electrons. The molecule has 11 nitrogen and oxygen atoms in total. The maximum Gasteiger partial charge on any atom is 0.340 e. The fourth-order valence-corrected chi connectivity index (χ4v) is 3.68. The highest BCUT2D eigenvalue weighted by molar-refractivity contribution is 6.38. The Morgan fingerprint density at radius 1 is 1.25 bits per heavy atom. The average Bonchev–Trinajstić information content (AvgIpc) is 3.24. The number of nitrogens with one attached hydrogen (secondary N) is 3. The summed E-state index contributed by atoms with van der Waals surface area (Å²) in [6, 6.07) is 7.67. The van der Waals surface area contributed by atoms with Gasteiger partial charge in [-0.25, -0.2) is 9.48 Å². The molecule has 1 aliphatic heterocycles. The van der Waals surface area contributed by atoms with Crippen LogP contribution in [0.2, 0.25) is 5.02 Å². The van der Waals surface area contributed by atoms with Gasteiger partial charge in [0.05, 0.1) is 27.3 Å². The highest BCUT2D eigenvalue weighted by atomic mass is 35.5. The Morgan fingerprint density at radius 3 is 2.84 bits per heavy atom. The molecule has 1 saturated heterocycles. The number of nitro benzene ring substituents is 1. The third-order valence-electron chi connectivity index (χ3n) is 5.00. The maximum atomic E-state index is 12.2. The molecule has 0 saturated carbocycles. The fourth-order valence-electron chi connectivity index (χ4n) is 3.42. The number of halogens is 1. The Morgan fingerprint density at radius 2 is 2.09 bits per heavy atom. The second kappa shape index (κ2) is 9.20. The zero-order chi connectivity index (χ0) is 22.7. The summed E-state index contributed by atoms with van der Waals surface area (Å²) in [5, 5.41) is 18.3. The maximum absolute atomic E-state index is 12.2. The predicted octanol–water partition coefficient (Wildman–Crippen LogP) is 3.76. The van der Waals surface area contributed by atoms with Crippen molar-refractivity contribution in [3.63, 3.8) is 0 Å². The monoisotopic (exact) mass is 458 g/mol. The summed E-state index contributed by atoms with van der Waals surface area (Å²) in [5.41, 5.74) is 5.91. The van der Waals surface area contributed by atoms with Crippen molar-refractivity contribution in [1.29, 1.82) is 0 Å². The summed E-state index contributed by atoms with van der Waals surface area (Å²) in [4.78, 5) is 34.5. The second-order valence-corrected chi connectivity index (χ2v) is 7.49. The summed E-state index contributed by atoms with van der Waals surface area (Å²) < 4.78 is 7.57. The molecule has 1 aliphatic rings. The standard InChI is InChI=1S/C20H19ClN6O5/c21-18-14-11-22-26(17-6-1-2-9-32-17)16(14)8-7-15(18)24-25-20(29)23-19(28)12-4-3-5-13(10-12)27(30)31/h3-5,7-8,10-11,17,24H,1-2,6,9H2,(H2,23,25,28,29). The molecule has 3 amide bonds. The number of rotatable bonds is 5. The Bertz CT molecular complexity index is 1190. The molecule has 1 unspecified atom stereocenters. The molecule has 3 N–H and O–H groups in total. The molecule has 4 rings (SSSR count). The average molecular weight is 459 g/mol. The largest absolute Gasteiger partial charge is 0.356 e.